The average molecular weight is 264 g/mol. The van der Waals surface area contributed by atoms with Gasteiger partial charge in [0.2, 0.25) is 5.91 Å². The van der Waals surface area contributed by atoms with Gasteiger partial charge in [0.1, 0.15) is 5.75 Å². The predicted octanol–water partition coefficient (Wildman–Crippen LogP) is 1.95. The number of carbonyl (C=O) groups is 1. The molecule has 1 rings (SSSR count). The highest BCUT2D eigenvalue weighted by molar-refractivity contribution is 5.76. The van der Waals surface area contributed by atoms with Crippen molar-refractivity contribution in [2.45, 2.75) is 32.7 Å². The lowest BCUT2D eigenvalue weighted by atomic mass is 10.0. The highest BCUT2D eigenvalue weighted by Crippen LogP contribution is 2.09. The van der Waals surface area contributed by atoms with E-state index in [2.05, 4.69) is 19.2 Å². The van der Waals surface area contributed by atoms with Crippen molar-refractivity contribution >= 4 is 5.91 Å². The zero-order valence-electron chi connectivity index (χ0n) is 11.8. The first kappa shape index (κ1) is 15.5. The lowest BCUT2D eigenvalue weighted by molar-refractivity contribution is -0.122. The minimum Gasteiger partial charge on any atom is -0.493 e. The average Bonchev–Trinajstić information content (AvgIpc) is 2.39. The third-order valence-electron chi connectivity index (χ3n) is 2.97. The normalized spacial score (nSPS) is 12.2. The molecule has 0 fully saturated rings. The Labute approximate surface area is 115 Å². The molecule has 0 aliphatic heterocycles. The first-order valence-corrected chi connectivity index (χ1v) is 6.80. The summed E-state index contributed by atoms with van der Waals surface area (Å²) in [6, 6.07) is 9.65. The number of hydrogen-bond donors (Lipinski definition) is 2. The molecule has 0 bridgehead atoms. The Balaban J connectivity index is 2.27. The van der Waals surface area contributed by atoms with Crippen LogP contribution in [0.4, 0.5) is 0 Å². The molecular weight excluding hydrogens is 240 g/mol. The van der Waals surface area contributed by atoms with Crippen LogP contribution in [0.25, 0.3) is 0 Å². The molecule has 19 heavy (non-hydrogen) atoms. The molecule has 1 unspecified atom stereocenters. The van der Waals surface area contributed by atoms with Gasteiger partial charge in [0.25, 0.3) is 0 Å². The molecule has 0 saturated heterocycles. The van der Waals surface area contributed by atoms with E-state index in [-0.39, 0.29) is 11.9 Å². The van der Waals surface area contributed by atoms with Crippen molar-refractivity contribution in [2.75, 3.05) is 13.2 Å². The molecule has 1 aromatic rings. The first-order chi connectivity index (χ1) is 9.13. The van der Waals surface area contributed by atoms with Crippen molar-refractivity contribution in [1.82, 2.24) is 5.32 Å². The second-order valence-electron chi connectivity index (χ2n) is 4.91. The van der Waals surface area contributed by atoms with Gasteiger partial charge >= 0.3 is 0 Å². The van der Waals surface area contributed by atoms with E-state index in [0.717, 1.165) is 12.2 Å². The van der Waals surface area contributed by atoms with E-state index in [9.17, 15) is 4.79 Å². The van der Waals surface area contributed by atoms with Crippen molar-refractivity contribution in [3.8, 4) is 5.75 Å². The molecule has 0 heterocycles. The highest BCUT2D eigenvalue weighted by atomic mass is 16.5. The summed E-state index contributed by atoms with van der Waals surface area (Å²) in [6.45, 7) is 5.15. The number of para-hydroxylation sites is 1. The quantitative estimate of drug-likeness (QED) is 0.754. The van der Waals surface area contributed by atoms with Crippen LogP contribution in [0.15, 0.2) is 30.3 Å². The maximum Gasteiger partial charge on any atom is 0.223 e. The monoisotopic (exact) mass is 264 g/mol. The van der Waals surface area contributed by atoms with Crippen molar-refractivity contribution in [3.05, 3.63) is 30.3 Å². The Morgan fingerprint density at radius 3 is 2.58 bits per heavy atom. The van der Waals surface area contributed by atoms with Crippen LogP contribution >= 0.6 is 0 Å². The van der Waals surface area contributed by atoms with Crippen LogP contribution in [0, 0.1) is 5.92 Å². The number of carbonyl (C=O) groups excluding carboxylic acids is 1. The summed E-state index contributed by atoms with van der Waals surface area (Å²) < 4.78 is 5.49. The molecule has 0 aliphatic rings. The van der Waals surface area contributed by atoms with Gasteiger partial charge in [-0.05, 0) is 31.0 Å². The molecule has 0 spiro atoms. The van der Waals surface area contributed by atoms with Gasteiger partial charge in [-0.2, -0.15) is 0 Å². The Kier molecular flexibility index (Phi) is 6.97. The van der Waals surface area contributed by atoms with Crippen LogP contribution in [0.5, 0.6) is 5.75 Å². The van der Waals surface area contributed by atoms with Gasteiger partial charge in [0.15, 0.2) is 0 Å². The summed E-state index contributed by atoms with van der Waals surface area (Å²) >= 11 is 0. The zero-order valence-corrected chi connectivity index (χ0v) is 11.8. The van der Waals surface area contributed by atoms with Crippen molar-refractivity contribution in [3.63, 3.8) is 0 Å². The fourth-order valence-electron chi connectivity index (χ4n) is 1.81. The molecule has 0 saturated carbocycles. The van der Waals surface area contributed by atoms with E-state index in [1.165, 1.54) is 0 Å². The molecule has 0 aromatic heterocycles. The molecular formula is C15H24N2O2. The summed E-state index contributed by atoms with van der Waals surface area (Å²) in [5.74, 6) is 1.20. The van der Waals surface area contributed by atoms with Gasteiger partial charge in [-0.15, -0.1) is 0 Å². The Morgan fingerprint density at radius 2 is 2.00 bits per heavy atom. The standard InChI is InChI=1S/C15H24N2O2/c1-12(2)14(8-10-16)17-15(18)9-11-19-13-6-4-3-5-7-13/h3-7,12,14H,8-11,16H2,1-2H3,(H,17,18). The summed E-state index contributed by atoms with van der Waals surface area (Å²) in [4.78, 5) is 11.8. The van der Waals surface area contributed by atoms with Crippen LogP contribution in [0.1, 0.15) is 26.7 Å². The number of rotatable bonds is 8. The lowest BCUT2D eigenvalue weighted by Crippen LogP contribution is -2.40. The van der Waals surface area contributed by atoms with Crippen LogP contribution in [0.3, 0.4) is 0 Å². The van der Waals surface area contributed by atoms with Gasteiger partial charge in [0.05, 0.1) is 13.0 Å². The number of amides is 1. The SMILES string of the molecule is CC(C)C(CCN)NC(=O)CCOc1ccccc1. The fraction of sp³-hybridized carbons (Fsp3) is 0.533. The van der Waals surface area contributed by atoms with Gasteiger partial charge < -0.3 is 15.8 Å². The summed E-state index contributed by atoms with van der Waals surface area (Å²) in [7, 11) is 0. The molecule has 0 aliphatic carbocycles. The largest absolute Gasteiger partial charge is 0.493 e. The van der Waals surface area contributed by atoms with E-state index in [1.54, 1.807) is 0 Å². The third kappa shape index (κ3) is 6.25. The summed E-state index contributed by atoms with van der Waals surface area (Å²) in [5, 5.41) is 3.00. The maximum atomic E-state index is 11.8. The van der Waals surface area contributed by atoms with E-state index < -0.39 is 0 Å². The maximum absolute atomic E-state index is 11.8. The number of benzene rings is 1. The van der Waals surface area contributed by atoms with E-state index in [4.69, 9.17) is 10.5 Å². The van der Waals surface area contributed by atoms with Gasteiger partial charge in [-0.3, -0.25) is 4.79 Å². The molecule has 0 radical (unpaired) electrons. The second kappa shape index (κ2) is 8.53. The van der Waals surface area contributed by atoms with Gasteiger partial charge in [0, 0.05) is 6.04 Å². The molecule has 106 valence electrons. The van der Waals surface area contributed by atoms with Crippen molar-refractivity contribution in [1.29, 1.82) is 0 Å². The first-order valence-electron chi connectivity index (χ1n) is 6.80. The van der Waals surface area contributed by atoms with E-state index >= 15 is 0 Å². The molecule has 3 N–H and O–H groups in total. The summed E-state index contributed by atoms with van der Waals surface area (Å²) in [6.07, 6.45) is 1.17. The topological polar surface area (TPSA) is 64.3 Å². The zero-order chi connectivity index (χ0) is 14.1. The van der Waals surface area contributed by atoms with E-state index in [0.29, 0.717) is 25.5 Å². The second-order valence-corrected chi connectivity index (χ2v) is 4.91. The molecule has 1 aromatic carbocycles. The number of ether oxygens (including phenoxy) is 1. The summed E-state index contributed by atoms with van der Waals surface area (Å²) in [5.41, 5.74) is 5.54. The number of nitrogens with one attached hydrogen (secondary N) is 1. The third-order valence-corrected chi connectivity index (χ3v) is 2.97. The molecule has 1 amide bonds. The van der Waals surface area contributed by atoms with Crippen LogP contribution in [-0.4, -0.2) is 25.1 Å². The Bertz CT molecular complexity index is 366. The molecule has 1 atom stereocenters. The van der Waals surface area contributed by atoms with Gasteiger partial charge in [-0.25, -0.2) is 0 Å². The highest BCUT2D eigenvalue weighted by Gasteiger charge is 2.14. The number of nitrogens with two attached hydrogens (primary N) is 1. The van der Waals surface area contributed by atoms with Crippen molar-refractivity contribution in [2.24, 2.45) is 11.7 Å². The van der Waals surface area contributed by atoms with Gasteiger partial charge in [-0.1, -0.05) is 32.0 Å². The minimum atomic E-state index is 0.0167. The van der Waals surface area contributed by atoms with Crippen LogP contribution in [-0.2, 0) is 4.79 Å². The van der Waals surface area contributed by atoms with Crippen LogP contribution in [0.2, 0.25) is 0 Å². The Morgan fingerprint density at radius 1 is 1.32 bits per heavy atom. The smallest absolute Gasteiger partial charge is 0.223 e. The lowest BCUT2D eigenvalue weighted by Gasteiger charge is -2.21. The Hall–Kier alpha value is -1.55. The molecule has 4 heteroatoms. The predicted molar refractivity (Wildman–Crippen MR) is 77.0 cm³/mol. The minimum absolute atomic E-state index is 0.0167. The molecule has 4 nitrogen and oxygen atoms in total. The fourth-order valence-corrected chi connectivity index (χ4v) is 1.81. The van der Waals surface area contributed by atoms with E-state index in [1.807, 2.05) is 30.3 Å². The number of hydrogen-bond acceptors (Lipinski definition) is 3. The van der Waals surface area contributed by atoms with Crippen LogP contribution < -0.4 is 15.8 Å². The van der Waals surface area contributed by atoms with Crippen molar-refractivity contribution < 1.29 is 9.53 Å².